The van der Waals surface area contributed by atoms with Crippen molar-refractivity contribution in [1.82, 2.24) is 5.32 Å². The summed E-state index contributed by atoms with van der Waals surface area (Å²) in [6.07, 6.45) is 6.04. The fourth-order valence-electron chi connectivity index (χ4n) is 3.15. The lowest BCUT2D eigenvalue weighted by Gasteiger charge is -2.29. The van der Waals surface area contributed by atoms with Gasteiger partial charge in [0.05, 0.1) is 0 Å². The van der Waals surface area contributed by atoms with Gasteiger partial charge in [0, 0.05) is 24.3 Å². The van der Waals surface area contributed by atoms with Crippen molar-refractivity contribution in [2.75, 3.05) is 12.4 Å². The predicted octanol–water partition coefficient (Wildman–Crippen LogP) is 3.74. The van der Waals surface area contributed by atoms with E-state index < -0.39 is 0 Å². The molecule has 1 aromatic carbocycles. The third-order valence-corrected chi connectivity index (χ3v) is 4.45. The van der Waals surface area contributed by atoms with Gasteiger partial charge in [0.25, 0.3) is 5.91 Å². The molecule has 3 heteroatoms. The van der Waals surface area contributed by atoms with E-state index in [0.29, 0.717) is 6.04 Å². The van der Waals surface area contributed by atoms with Crippen molar-refractivity contribution < 1.29 is 4.79 Å². The van der Waals surface area contributed by atoms with E-state index in [1.165, 1.54) is 19.3 Å². The van der Waals surface area contributed by atoms with Gasteiger partial charge in [0.15, 0.2) is 0 Å². The normalized spacial score (nSPS) is 22.4. The molecule has 3 nitrogen and oxygen atoms in total. The van der Waals surface area contributed by atoms with Gasteiger partial charge in [-0.1, -0.05) is 26.2 Å². The van der Waals surface area contributed by atoms with Gasteiger partial charge in [-0.2, -0.15) is 0 Å². The average molecular weight is 274 g/mol. The Hall–Kier alpha value is -1.51. The Labute approximate surface area is 122 Å². The second kappa shape index (κ2) is 6.78. The van der Waals surface area contributed by atoms with Crippen LogP contribution in [0.25, 0.3) is 0 Å². The van der Waals surface area contributed by atoms with Gasteiger partial charge in [-0.15, -0.1) is 0 Å². The number of aryl methyl sites for hydroxylation is 1. The van der Waals surface area contributed by atoms with Crippen LogP contribution >= 0.6 is 0 Å². The molecule has 0 aliphatic heterocycles. The fraction of sp³-hybridized carbons (Fsp3) is 0.588. The summed E-state index contributed by atoms with van der Waals surface area (Å²) < 4.78 is 0. The largest absolute Gasteiger partial charge is 0.388 e. The summed E-state index contributed by atoms with van der Waals surface area (Å²) in [4.78, 5) is 12.3. The van der Waals surface area contributed by atoms with E-state index in [1.54, 1.807) is 0 Å². The highest BCUT2D eigenvalue weighted by Crippen LogP contribution is 2.26. The molecule has 0 heterocycles. The number of anilines is 1. The summed E-state index contributed by atoms with van der Waals surface area (Å²) in [6, 6.07) is 6.18. The van der Waals surface area contributed by atoms with Crippen LogP contribution in [0.15, 0.2) is 18.2 Å². The van der Waals surface area contributed by atoms with Crippen molar-refractivity contribution in [2.24, 2.45) is 5.92 Å². The molecule has 2 unspecified atom stereocenters. The third-order valence-electron chi connectivity index (χ3n) is 4.45. The zero-order valence-electron chi connectivity index (χ0n) is 12.8. The Morgan fingerprint density at radius 1 is 1.35 bits per heavy atom. The Balaban J connectivity index is 1.99. The van der Waals surface area contributed by atoms with Gasteiger partial charge < -0.3 is 10.6 Å². The van der Waals surface area contributed by atoms with Crippen LogP contribution in [-0.2, 0) is 0 Å². The van der Waals surface area contributed by atoms with E-state index in [4.69, 9.17) is 0 Å². The van der Waals surface area contributed by atoms with E-state index in [1.807, 2.05) is 32.2 Å². The molecule has 1 amide bonds. The molecule has 0 spiro atoms. The molecule has 1 fully saturated rings. The van der Waals surface area contributed by atoms with Crippen LogP contribution in [0.3, 0.4) is 0 Å². The van der Waals surface area contributed by atoms with Crippen molar-refractivity contribution in [1.29, 1.82) is 0 Å². The van der Waals surface area contributed by atoms with Crippen LogP contribution in [0.4, 0.5) is 5.69 Å². The van der Waals surface area contributed by atoms with E-state index in [-0.39, 0.29) is 5.91 Å². The number of hydrogen-bond donors (Lipinski definition) is 2. The van der Waals surface area contributed by atoms with Gasteiger partial charge in [-0.05, 0) is 49.4 Å². The smallest absolute Gasteiger partial charge is 0.251 e. The molecule has 1 aliphatic carbocycles. The van der Waals surface area contributed by atoms with Crippen molar-refractivity contribution in [3.8, 4) is 0 Å². The van der Waals surface area contributed by atoms with Gasteiger partial charge in [-0.25, -0.2) is 0 Å². The zero-order valence-corrected chi connectivity index (χ0v) is 12.8. The summed E-state index contributed by atoms with van der Waals surface area (Å²) in [5, 5.41) is 6.33. The predicted molar refractivity (Wildman–Crippen MR) is 84.2 cm³/mol. The topological polar surface area (TPSA) is 41.1 Å². The van der Waals surface area contributed by atoms with E-state index in [0.717, 1.165) is 35.6 Å². The molecule has 1 saturated carbocycles. The van der Waals surface area contributed by atoms with Crippen LogP contribution < -0.4 is 10.6 Å². The Kier molecular flexibility index (Phi) is 5.05. The standard InChI is InChI=1S/C17H26N2O/c1-4-13-6-5-7-15(11-13)19-17(20)14-8-9-16(18-3)12(2)10-14/h8-10,13,15,18H,4-7,11H2,1-3H3,(H,19,20). The first kappa shape index (κ1) is 14.9. The Bertz CT molecular complexity index is 470. The van der Waals surface area contributed by atoms with E-state index in [9.17, 15) is 4.79 Å². The lowest BCUT2D eigenvalue weighted by atomic mass is 9.84. The first-order valence-electron chi connectivity index (χ1n) is 7.73. The van der Waals surface area contributed by atoms with Crippen molar-refractivity contribution in [3.05, 3.63) is 29.3 Å². The average Bonchev–Trinajstić information content (AvgIpc) is 2.47. The van der Waals surface area contributed by atoms with Gasteiger partial charge in [0.2, 0.25) is 0 Å². The second-order valence-corrected chi connectivity index (χ2v) is 5.89. The maximum atomic E-state index is 12.3. The molecule has 1 aliphatic rings. The van der Waals surface area contributed by atoms with Gasteiger partial charge >= 0.3 is 0 Å². The summed E-state index contributed by atoms with van der Waals surface area (Å²) >= 11 is 0. The van der Waals surface area contributed by atoms with E-state index >= 15 is 0 Å². The Morgan fingerprint density at radius 2 is 2.15 bits per heavy atom. The van der Waals surface area contributed by atoms with Crippen molar-refractivity contribution >= 4 is 11.6 Å². The molecular weight excluding hydrogens is 248 g/mol. The molecule has 0 bridgehead atoms. The van der Waals surface area contributed by atoms with Crippen LogP contribution in [0.2, 0.25) is 0 Å². The number of carbonyl (C=O) groups excluding carboxylic acids is 1. The lowest BCUT2D eigenvalue weighted by Crippen LogP contribution is -2.38. The van der Waals surface area contributed by atoms with Crippen LogP contribution in [-0.4, -0.2) is 19.0 Å². The molecule has 2 rings (SSSR count). The van der Waals surface area contributed by atoms with Crippen molar-refractivity contribution in [2.45, 2.75) is 52.0 Å². The third kappa shape index (κ3) is 3.53. The molecule has 0 saturated heterocycles. The number of carbonyl (C=O) groups is 1. The summed E-state index contributed by atoms with van der Waals surface area (Å²) in [7, 11) is 1.90. The number of nitrogens with one attached hydrogen (secondary N) is 2. The summed E-state index contributed by atoms with van der Waals surface area (Å²) in [5.41, 5.74) is 2.95. The fourth-order valence-corrected chi connectivity index (χ4v) is 3.15. The highest BCUT2D eigenvalue weighted by atomic mass is 16.1. The first-order chi connectivity index (χ1) is 9.63. The first-order valence-corrected chi connectivity index (χ1v) is 7.73. The van der Waals surface area contributed by atoms with Crippen LogP contribution in [0, 0.1) is 12.8 Å². The molecule has 2 N–H and O–H groups in total. The molecule has 110 valence electrons. The highest BCUT2D eigenvalue weighted by Gasteiger charge is 2.22. The molecule has 0 radical (unpaired) electrons. The zero-order chi connectivity index (χ0) is 14.5. The van der Waals surface area contributed by atoms with Crippen molar-refractivity contribution in [3.63, 3.8) is 0 Å². The minimum atomic E-state index is 0.0671. The lowest BCUT2D eigenvalue weighted by molar-refractivity contribution is 0.0919. The number of rotatable bonds is 4. The maximum absolute atomic E-state index is 12.3. The molecule has 0 aromatic heterocycles. The molecule has 1 aromatic rings. The van der Waals surface area contributed by atoms with Crippen LogP contribution in [0.5, 0.6) is 0 Å². The van der Waals surface area contributed by atoms with Crippen LogP contribution in [0.1, 0.15) is 54.9 Å². The summed E-state index contributed by atoms with van der Waals surface area (Å²) in [6.45, 7) is 4.27. The van der Waals surface area contributed by atoms with Gasteiger partial charge in [-0.3, -0.25) is 4.79 Å². The summed E-state index contributed by atoms with van der Waals surface area (Å²) in [5.74, 6) is 0.847. The highest BCUT2D eigenvalue weighted by molar-refractivity contribution is 5.95. The Morgan fingerprint density at radius 3 is 2.80 bits per heavy atom. The number of hydrogen-bond acceptors (Lipinski definition) is 2. The van der Waals surface area contributed by atoms with E-state index in [2.05, 4.69) is 17.6 Å². The quantitative estimate of drug-likeness (QED) is 0.878. The number of benzene rings is 1. The minimum Gasteiger partial charge on any atom is -0.388 e. The molecule has 20 heavy (non-hydrogen) atoms. The minimum absolute atomic E-state index is 0.0671. The molecule has 2 atom stereocenters. The maximum Gasteiger partial charge on any atom is 0.251 e. The van der Waals surface area contributed by atoms with Gasteiger partial charge in [0.1, 0.15) is 0 Å². The monoisotopic (exact) mass is 274 g/mol. The SMILES string of the molecule is CCC1CCCC(NC(=O)c2ccc(NC)c(C)c2)C1. The second-order valence-electron chi connectivity index (χ2n) is 5.89. The number of amides is 1. The molecular formula is C17H26N2O.